The molecular weight excluding hydrogens is 589 g/mol. The Bertz CT molecular complexity index is 2780. The molecule has 0 aliphatic rings. The molecule has 0 aliphatic heterocycles. The molecule has 0 saturated heterocycles. The molecule has 0 saturated carbocycles. The molecule has 0 atom stereocenters. The van der Waals surface area contributed by atoms with Gasteiger partial charge in [0.2, 0.25) is 0 Å². The summed E-state index contributed by atoms with van der Waals surface area (Å²) in [5.41, 5.74) is 7.86. The first-order chi connectivity index (χ1) is 23.8. The minimum absolute atomic E-state index is 0.615. The van der Waals surface area contributed by atoms with Crippen molar-refractivity contribution in [1.29, 1.82) is 0 Å². The second kappa shape index (κ2) is 10.5. The minimum Gasteiger partial charge on any atom is -0.456 e. The van der Waals surface area contributed by atoms with E-state index in [1.54, 1.807) is 0 Å². The Labute approximate surface area is 275 Å². The molecule has 5 heteroatoms. The molecule has 3 aromatic heterocycles. The Hall–Kier alpha value is -6.59. The van der Waals surface area contributed by atoms with E-state index in [1.807, 2.05) is 72.8 Å². The predicted molar refractivity (Wildman–Crippen MR) is 195 cm³/mol. The van der Waals surface area contributed by atoms with Gasteiger partial charge in [0.1, 0.15) is 11.2 Å². The zero-order valence-electron chi connectivity index (χ0n) is 25.7. The molecule has 224 valence electrons. The summed E-state index contributed by atoms with van der Waals surface area (Å²) in [6.07, 6.45) is 0. The fraction of sp³-hybridized carbons (Fsp3) is 0. The normalized spacial score (nSPS) is 11.8. The van der Waals surface area contributed by atoms with Crippen LogP contribution < -0.4 is 0 Å². The van der Waals surface area contributed by atoms with Gasteiger partial charge in [-0.25, -0.2) is 15.0 Å². The SMILES string of the molecule is c1ccc(-c2nc(-c3ccccc3)nc(-c3ccc4oc5ccc(-n6c7ccccc7c7cc8ccccc8cc76)cc5c4c3)n2)cc1. The summed E-state index contributed by atoms with van der Waals surface area (Å²) in [7, 11) is 0. The summed E-state index contributed by atoms with van der Waals surface area (Å²) in [6, 6.07) is 54.6. The summed E-state index contributed by atoms with van der Waals surface area (Å²) in [5, 5.41) is 6.98. The molecule has 0 N–H and O–H groups in total. The third-order valence-electron chi connectivity index (χ3n) is 9.21. The van der Waals surface area contributed by atoms with Crippen LogP contribution in [0.1, 0.15) is 0 Å². The number of para-hydroxylation sites is 1. The topological polar surface area (TPSA) is 56.7 Å². The maximum Gasteiger partial charge on any atom is 0.164 e. The molecule has 0 aliphatic carbocycles. The molecule has 0 spiro atoms. The maximum atomic E-state index is 6.37. The van der Waals surface area contributed by atoms with E-state index >= 15 is 0 Å². The van der Waals surface area contributed by atoms with Crippen molar-refractivity contribution in [2.24, 2.45) is 0 Å². The predicted octanol–water partition coefficient (Wildman–Crippen LogP) is 11.0. The lowest BCUT2D eigenvalue weighted by atomic mass is 10.1. The van der Waals surface area contributed by atoms with Crippen molar-refractivity contribution in [3.05, 3.63) is 158 Å². The number of fused-ring (bicyclic) bond motifs is 7. The molecule has 0 fully saturated rings. The highest BCUT2D eigenvalue weighted by Gasteiger charge is 2.17. The van der Waals surface area contributed by atoms with E-state index in [9.17, 15) is 0 Å². The molecule has 7 aromatic carbocycles. The van der Waals surface area contributed by atoms with Crippen molar-refractivity contribution >= 4 is 54.5 Å². The Morgan fingerprint density at radius 2 is 0.938 bits per heavy atom. The van der Waals surface area contributed by atoms with Crippen LogP contribution in [-0.2, 0) is 0 Å². The molecule has 10 aromatic rings. The summed E-state index contributed by atoms with van der Waals surface area (Å²) < 4.78 is 8.74. The number of rotatable bonds is 4. The lowest BCUT2D eigenvalue weighted by molar-refractivity contribution is 0.669. The molecule has 0 bridgehead atoms. The van der Waals surface area contributed by atoms with Crippen LogP contribution >= 0.6 is 0 Å². The number of nitrogens with zero attached hydrogens (tertiary/aromatic N) is 4. The van der Waals surface area contributed by atoms with Gasteiger partial charge in [0.15, 0.2) is 17.5 Å². The lowest BCUT2D eigenvalue weighted by Crippen LogP contribution is -2.00. The second-order valence-corrected chi connectivity index (χ2v) is 12.1. The third-order valence-corrected chi connectivity index (χ3v) is 9.21. The molecule has 0 unspecified atom stereocenters. The van der Waals surface area contributed by atoms with Crippen LogP contribution in [0, 0.1) is 0 Å². The average Bonchev–Trinajstić information content (AvgIpc) is 3.68. The van der Waals surface area contributed by atoms with Gasteiger partial charge in [-0.2, -0.15) is 0 Å². The highest BCUT2D eigenvalue weighted by molar-refractivity contribution is 6.14. The molecule has 5 nitrogen and oxygen atoms in total. The first-order valence-corrected chi connectivity index (χ1v) is 16.0. The van der Waals surface area contributed by atoms with Gasteiger partial charge < -0.3 is 8.98 Å². The monoisotopic (exact) mass is 614 g/mol. The summed E-state index contributed by atoms with van der Waals surface area (Å²) in [5.74, 6) is 1.89. The van der Waals surface area contributed by atoms with Crippen LogP contribution in [0.4, 0.5) is 0 Å². The van der Waals surface area contributed by atoms with Crippen LogP contribution in [0.25, 0.3) is 94.4 Å². The first kappa shape index (κ1) is 26.6. The van der Waals surface area contributed by atoms with Gasteiger partial charge in [-0.3, -0.25) is 0 Å². The number of hydrogen-bond donors (Lipinski definition) is 0. The minimum atomic E-state index is 0.615. The molecule has 10 rings (SSSR count). The van der Waals surface area contributed by atoms with Gasteiger partial charge >= 0.3 is 0 Å². The Balaban J connectivity index is 1.18. The van der Waals surface area contributed by atoms with Crippen LogP contribution in [-0.4, -0.2) is 19.5 Å². The zero-order valence-corrected chi connectivity index (χ0v) is 25.7. The molecule has 0 radical (unpaired) electrons. The number of furan rings is 1. The fourth-order valence-corrected chi connectivity index (χ4v) is 6.91. The lowest BCUT2D eigenvalue weighted by Gasteiger charge is -2.09. The van der Waals surface area contributed by atoms with Crippen LogP contribution in [0.2, 0.25) is 0 Å². The van der Waals surface area contributed by atoms with E-state index in [0.29, 0.717) is 17.5 Å². The van der Waals surface area contributed by atoms with Crippen molar-refractivity contribution in [2.75, 3.05) is 0 Å². The molecule has 0 amide bonds. The number of hydrogen-bond acceptors (Lipinski definition) is 4. The van der Waals surface area contributed by atoms with Crippen LogP contribution in [0.5, 0.6) is 0 Å². The Morgan fingerprint density at radius 3 is 1.65 bits per heavy atom. The van der Waals surface area contributed by atoms with E-state index < -0.39 is 0 Å². The molecule has 48 heavy (non-hydrogen) atoms. The Morgan fingerprint density at radius 1 is 0.375 bits per heavy atom. The van der Waals surface area contributed by atoms with Crippen molar-refractivity contribution in [3.8, 4) is 39.9 Å². The standard InChI is InChI=1S/C43H26N4O/c1-3-11-27(12-4-1)41-44-42(28-13-5-2-6-14-28)46-43(45-41)31-19-21-39-35(24-31)36-26-32(20-22-40(36)48-39)47-37-18-10-9-17-33(37)34-23-29-15-7-8-16-30(29)25-38(34)47/h1-26H. The van der Waals surface area contributed by atoms with Crippen LogP contribution in [0.15, 0.2) is 162 Å². The zero-order chi connectivity index (χ0) is 31.6. The van der Waals surface area contributed by atoms with Crippen molar-refractivity contribution in [1.82, 2.24) is 19.5 Å². The van der Waals surface area contributed by atoms with Crippen molar-refractivity contribution in [2.45, 2.75) is 0 Å². The van der Waals surface area contributed by atoms with Gasteiger partial charge in [-0.05, 0) is 65.4 Å². The average molecular weight is 615 g/mol. The van der Waals surface area contributed by atoms with E-state index in [2.05, 4.69) is 89.5 Å². The summed E-state index contributed by atoms with van der Waals surface area (Å²) in [6.45, 7) is 0. The number of aromatic nitrogens is 4. The fourth-order valence-electron chi connectivity index (χ4n) is 6.91. The molecular formula is C43H26N4O. The van der Waals surface area contributed by atoms with Gasteiger partial charge in [0, 0.05) is 43.9 Å². The van der Waals surface area contributed by atoms with Gasteiger partial charge in [0.25, 0.3) is 0 Å². The maximum absolute atomic E-state index is 6.37. The van der Waals surface area contributed by atoms with Gasteiger partial charge in [-0.1, -0.05) is 103 Å². The largest absolute Gasteiger partial charge is 0.456 e. The second-order valence-electron chi connectivity index (χ2n) is 12.1. The Kier molecular flexibility index (Phi) is 5.81. The van der Waals surface area contributed by atoms with E-state index in [0.717, 1.165) is 44.3 Å². The van der Waals surface area contributed by atoms with E-state index in [4.69, 9.17) is 19.4 Å². The van der Waals surface area contributed by atoms with E-state index in [1.165, 1.54) is 32.6 Å². The summed E-state index contributed by atoms with van der Waals surface area (Å²) >= 11 is 0. The highest BCUT2D eigenvalue weighted by Crippen LogP contribution is 2.38. The van der Waals surface area contributed by atoms with Gasteiger partial charge in [0.05, 0.1) is 11.0 Å². The van der Waals surface area contributed by atoms with Crippen molar-refractivity contribution < 1.29 is 4.42 Å². The van der Waals surface area contributed by atoms with Crippen molar-refractivity contribution in [3.63, 3.8) is 0 Å². The third kappa shape index (κ3) is 4.22. The van der Waals surface area contributed by atoms with Crippen LogP contribution in [0.3, 0.4) is 0 Å². The first-order valence-electron chi connectivity index (χ1n) is 16.0. The smallest absolute Gasteiger partial charge is 0.164 e. The van der Waals surface area contributed by atoms with E-state index in [-0.39, 0.29) is 0 Å². The highest BCUT2D eigenvalue weighted by atomic mass is 16.3. The summed E-state index contributed by atoms with van der Waals surface area (Å²) in [4.78, 5) is 14.8. The number of benzene rings is 7. The quantitative estimate of drug-likeness (QED) is 0.198. The molecule has 3 heterocycles. The van der Waals surface area contributed by atoms with Gasteiger partial charge in [-0.15, -0.1) is 0 Å².